The summed E-state index contributed by atoms with van der Waals surface area (Å²) in [7, 11) is 1.66. The predicted molar refractivity (Wildman–Crippen MR) is 50.8 cm³/mol. The van der Waals surface area contributed by atoms with Gasteiger partial charge in [-0.05, 0) is 13.8 Å². The molecule has 0 bridgehead atoms. The van der Waals surface area contributed by atoms with Gasteiger partial charge in [0.15, 0.2) is 0 Å². The second-order valence-corrected chi connectivity index (χ2v) is 3.92. The van der Waals surface area contributed by atoms with Crippen LogP contribution in [0.4, 0.5) is 0 Å². The summed E-state index contributed by atoms with van der Waals surface area (Å²) in [5.41, 5.74) is 5.10. The van der Waals surface area contributed by atoms with E-state index in [4.69, 9.17) is 17.3 Å². The largest absolute Gasteiger partial charge is 0.319 e. The number of halogens is 1. The number of aryl methyl sites for hydroxylation is 1. The molecule has 1 aromatic rings. The van der Waals surface area contributed by atoms with Gasteiger partial charge < -0.3 is 5.73 Å². The fourth-order valence-electron chi connectivity index (χ4n) is 0.971. The van der Waals surface area contributed by atoms with Crippen molar-refractivity contribution in [2.75, 3.05) is 0 Å². The number of aromatic nitrogens is 2. The zero-order chi connectivity index (χ0) is 10.2. The van der Waals surface area contributed by atoms with E-state index in [1.807, 2.05) is 0 Å². The van der Waals surface area contributed by atoms with Crippen LogP contribution in [-0.4, -0.2) is 21.1 Å². The molecule has 72 valence electrons. The molecular formula is C8H12ClN3O. The van der Waals surface area contributed by atoms with Crippen LogP contribution in [0.3, 0.4) is 0 Å². The van der Waals surface area contributed by atoms with Crippen LogP contribution in [0.25, 0.3) is 0 Å². The van der Waals surface area contributed by atoms with Gasteiger partial charge in [-0.15, -0.1) is 0 Å². The molecule has 4 nitrogen and oxygen atoms in total. The number of nitrogens with zero attached hydrogens (tertiary/aromatic N) is 2. The quantitative estimate of drug-likeness (QED) is 0.726. The van der Waals surface area contributed by atoms with Crippen molar-refractivity contribution in [3.63, 3.8) is 0 Å². The fourth-order valence-corrected chi connectivity index (χ4v) is 1.22. The summed E-state index contributed by atoms with van der Waals surface area (Å²) in [4.78, 5) is 11.7. The lowest BCUT2D eigenvalue weighted by Crippen LogP contribution is -2.42. The van der Waals surface area contributed by atoms with E-state index in [0.29, 0.717) is 10.7 Å². The Morgan fingerprint density at radius 1 is 1.69 bits per heavy atom. The third-order valence-electron chi connectivity index (χ3n) is 1.69. The van der Waals surface area contributed by atoms with Gasteiger partial charge in [0, 0.05) is 7.05 Å². The van der Waals surface area contributed by atoms with E-state index in [0.717, 1.165) is 0 Å². The first-order valence-electron chi connectivity index (χ1n) is 3.85. The highest BCUT2D eigenvalue weighted by molar-refractivity contribution is 6.34. The van der Waals surface area contributed by atoms with Crippen molar-refractivity contribution in [1.82, 2.24) is 9.78 Å². The van der Waals surface area contributed by atoms with Gasteiger partial charge in [0.05, 0.1) is 16.8 Å². The molecular weight excluding hydrogens is 190 g/mol. The molecule has 0 unspecified atom stereocenters. The van der Waals surface area contributed by atoms with Gasteiger partial charge in [0.25, 0.3) is 0 Å². The van der Waals surface area contributed by atoms with Crippen molar-refractivity contribution in [1.29, 1.82) is 0 Å². The van der Waals surface area contributed by atoms with Crippen molar-refractivity contribution in [2.24, 2.45) is 12.8 Å². The molecule has 0 saturated carbocycles. The normalized spacial score (nSPS) is 11.8. The van der Waals surface area contributed by atoms with Crippen LogP contribution in [-0.2, 0) is 7.05 Å². The maximum Gasteiger partial charge on any atom is 0.201 e. The third kappa shape index (κ3) is 1.89. The summed E-state index contributed by atoms with van der Waals surface area (Å²) in [6.45, 7) is 3.28. The molecule has 0 fully saturated rings. The maximum absolute atomic E-state index is 11.7. The molecule has 0 atom stereocenters. The lowest BCUT2D eigenvalue weighted by atomic mass is 9.98. The zero-order valence-electron chi connectivity index (χ0n) is 7.84. The van der Waals surface area contributed by atoms with Crippen LogP contribution >= 0.6 is 11.6 Å². The Morgan fingerprint density at radius 3 is 2.54 bits per heavy atom. The summed E-state index contributed by atoms with van der Waals surface area (Å²) >= 11 is 5.79. The molecule has 5 heteroatoms. The maximum atomic E-state index is 11.7. The highest BCUT2D eigenvalue weighted by Crippen LogP contribution is 2.18. The van der Waals surface area contributed by atoms with Gasteiger partial charge in [-0.1, -0.05) is 11.6 Å². The Kier molecular flexibility index (Phi) is 2.45. The SMILES string of the molecule is Cn1ncc(Cl)c1C(=O)C(C)(C)N. The number of hydrogen-bond acceptors (Lipinski definition) is 3. The number of rotatable bonds is 2. The van der Waals surface area contributed by atoms with Gasteiger partial charge >= 0.3 is 0 Å². The molecule has 0 aliphatic heterocycles. The molecule has 13 heavy (non-hydrogen) atoms. The molecule has 0 saturated heterocycles. The standard InChI is InChI=1S/C8H12ClN3O/c1-8(2,10)7(13)6-5(9)4-11-12(6)3/h4H,10H2,1-3H3. The lowest BCUT2D eigenvalue weighted by molar-refractivity contribution is 0.0904. The molecule has 0 aliphatic carbocycles. The molecule has 0 amide bonds. The number of Topliss-reactive ketones (excluding diaryl/α,β-unsaturated/α-hetero) is 1. The first-order chi connectivity index (χ1) is 5.84. The van der Waals surface area contributed by atoms with Gasteiger partial charge in [-0.2, -0.15) is 5.10 Å². The van der Waals surface area contributed by atoms with Crippen LogP contribution in [0.1, 0.15) is 24.3 Å². The summed E-state index contributed by atoms with van der Waals surface area (Å²) in [6.07, 6.45) is 1.43. The zero-order valence-corrected chi connectivity index (χ0v) is 8.59. The highest BCUT2D eigenvalue weighted by atomic mass is 35.5. The monoisotopic (exact) mass is 201 g/mol. The Bertz CT molecular complexity index is 318. The predicted octanol–water partition coefficient (Wildman–Crippen LogP) is 0.994. The number of carbonyl (C=O) groups is 1. The molecule has 2 N–H and O–H groups in total. The van der Waals surface area contributed by atoms with E-state index in [1.54, 1.807) is 20.9 Å². The second-order valence-electron chi connectivity index (χ2n) is 3.52. The Hall–Kier alpha value is -0.870. The number of hydrogen-bond donors (Lipinski definition) is 1. The van der Waals surface area contributed by atoms with Crippen molar-refractivity contribution in [2.45, 2.75) is 19.4 Å². The van der Waals surface area contributed by atoms with Gasteiger partial charge in [-0.3, -0.25) is 9.48 Å². The fraction of sp³-hybridized carbons (Fsp3) is 0.500. The van der Waals surface area contributed by atoms with E-state index in [2.05, 4.69) is 5.10 Å². The van der Waals surface area contributed by atoms with Crippen LogP contribution in [0, 0.1) is 0 Å². The summed E-state index contributed by atoms with van der Waals surface area (Å²) in [5, 5.41) is 4.20. The molecule has 0 spiro atoms. The van der Waals surface area contributed by atoms with Crippen LogP contribution in [0.15, 0.2) is 6.20 Å². The average molecular weight is 202 g/mol. The topological polar surface area (TPSA) is 60.9 Å². The summed E-state index contributed by atoms with van der Waals surface area (Å²) in [6, 6.07) is 0. The first-order valence-corrected chi connectivity index (χ1v) is 4.23. The average Bonchev–Trinajstić information content (AvgIpc) is 2.28. The van der Waals surface area contributed by atoms with E-state index < -0.39 is 5.54 Å². The minimum Gasteiger partial charge on any atom is -0.319 e. The van der Waals surface area contributed by atoms with Crippen molar-refractivity contribution in [3.8, 4) is 0 Å². The van der Waals surface area contributed by atoms with Gasteiger partial charge in [0.2, 0.25) is 5.78 Å². The molecule has 1 rings (SSSR count). The summed E-state index contributed by atoms with van der Waals surface area (Å²) < 4.78 is 1.43. The van der Waals surface area contributed by atoms with Gasteiger partial charge in [-0.25, -0.2) is 0 Å². The molecule has 1 heterocycles. The molecule has 0 radical (unpaired) electrons. The van der Waals surface area contributed by atoms with E-state index in [1.165, 1.54) is 10.9 Å². The van der Waals surface area contributed by atoms with Crippen LogP contribution in [0.5, 0.6) is 0 Å². The van der Waals surface area contributed by atoms with Crippen molar-refractivity contribution < 1.29 is 4.79 Å². The van der Waals surface area contributed by atoms with Crippen molar-refractivity contribution in [3.05, 3.63) is 16.9 Å². The molecule has 0 aromatic carbocycles. The Morgan fingerprint density at radius 2 is 2.23 bits per heavy atom. The first kappa shape index (κ1) is 10.2. The van der Waals surface area contributed by atoms with Crippen molar-refractivity contribution >= 4 is 17.4 Å². The Balaban J connectivity index is 3.16. The highest BCUT2D eigenvalue weighted by Gasteiger charge is 2.28. The number of carbonyl (C=O) groups excluding carboxylic acids is 1. The second kappa shape index (κ2) is 3.12. The molecule has 0 aliphatic rings. The summed E-state index contributed by atoms with van der Waals surface area (Å²) in [5.74, 6) is -0.211. The minimum atomic E-state index is -0.919. The van der Waals surface area contributed by atoms with Gasteiger partial charge in [0.1, 0.15) is 5.69 Å². The van der Waals surface area contributed by atoms with E-state index in [-0.39, 0.29) is 5.78 Å². The van der Waals surface area contributed by atoms with E-state index in [9.17, 15) is 4.79 Å². The third-order valence-corrected chi connectivity index (χ3v) is 1.97. The molecule has 1 aromatic heterocycles. The lowest BCUT2D eigenvalue weighted by Gasteiger charge is -2.16. The smallest absolute Gasteiger partial charge is 0.201 e. The number of ketones is 1. The van der Waals surface area contributed by atoms with E-state index >= 15 is 0 Å². The number of nitrogens with two attached hydrogens (primary N) is 1. The Labute approximate surface area is 81.7 Å². The minimum absolute atomic E-state index is 0.211. The van der Waals surface area contributed by atoms with Crippen LogP contribution in [0.2, 0.25) is 5.02 Å². The van der Waals surface area contributed by atoms with Crippen LogP contribution < -0.4 is 5.73 Å².